The van der Waals surface area contributed by atoms with Crippen LogP contribution in [0.15, 0.2) is 51.8 Å². The van der Waals surface area contributed by atoms with Gasteiger partial charge in [0.25, 0.3) is 0 Å². The first-order chi connectivity index (χ1) is 9.69. The van der Waals surface area contributed by atoms with Crippen LogP contribution in [0, 0.1) is 0 Å². The van der Waals surface area contributed by atoms with Gasteiger partial charge in [0, 0.05) is 20.8 Å². The second kappa shape index (κ2) is 7.45. The summed E-state index contributed by atoms with van der Waals surface area (Å²) in [6.07, 6.45) is 0. The average molecular weight is 354 g/mol. The van der Waals surface area contributed by atoms with E-state index < -0.39 is 0 Å². The first kappa shape index (κ1) is 15.1. The molecule has 0 aromatic heterocycles. The minimum Gasteiger partial charge on any atom is -0.497 e. The van der Waals surface area contributed by atoms with Crippen LogP contribution in [0.25, 0.3) is 0 Å². The molecule has 2 rings (SSSR count). The summed E-state index contributed by atoms with van der Waals surface area (Å²) in [6, 6.07) is 13.5. The molecule has 2 N–H and O–H groups in total. The number of ether oxygens (including phenoxy) is 2. The van der Waals surface area contributed by atoms with Gasteiger partial charge in [0.1, 0.15) is 11.5 Å². The molecule has 0 bridgehead atoms. The van der Waals surface area contributed by atoms with Crippen molar-refractivity contribution in [2.24, 2.45) is 0 Å². The smallest absolute Gasteiger partial charge is 0.119 e. The van der Waals surface area contributed by atoms with Gasteiger partial charge in [0.2, 0.25) is 0 Å². The fraction of sp³-hybridized carbons (Fsp3) is 0.200. The Labute approximate surface area is 131 Å². The van der Waals surface area contributed by atoms with E-state index in [2.05, 4.69) is 15.9 Å². The van der Waals surface area contributed by atoms with Crippen molar-refractivity contribution in [1.82, 2.24) is 0 Å². The van der Waals surface area contributed by atoms with E-state index in [0.717, 1.165) is 32.3 Å². The maximum atomic E-state index is 5.94. The van der Waals surface area contributed by atoms with Gasteiger partial charge in [-0.3, -0.25) is 0 Å². The van der Waals surface area contributed by atoms with Gasteiger partial charge in [-0.1, -0.05) is 15.9 Å². The molecule has 0 amide bonds. The summed E-state index contributed by atoms with van der Waals surface area (Å²) in [5.41, 5.74) is 6.73. The number of anilines is 1. The van der Waals surface area contributed by atoms with Gasteiger partial charge in [-0.25, -0.2) is 0 Å². The zero-order valence-corrected chi connectivity index (χ0v) is 13.5. The normalized spacial score (nSPS) is 10.3. The van der Waals surface area contributed by atoms with Gasteiger partial charge in [-0.15, -0.1) is 11.8 Å². The van der Waals surface area contributed by atoms with Crippen LogP contribution in [-0.2, 0) is 0 Å². The monoisotopic (exact) mass is 353 g/mol. The quantitative estimate of drug-likeness (QED) is 0.479. The highest BCUT2D eigenvalue weighted by atomic mass is 79.9. The fourth-order valence-corrected chi connectivity index (χ4v) is 2.79. The number of methoxy groups -OCH3 is 1. The first-order valence-electron chi connectivity index (χ1n) is 6.14. The van der Waals surface area contributed by atoms with Crippen LogP contribution >= 0.6 is 27.7 Å². The molecule has 106 valence electrons. The van der Waals surface area contributed by atoms with E-state index in [1.165, 1.54) is 0 Å². The van der Waals surface area contributed by atoms with E-state index >= 15 is 0 Å². The molecule has 0 fully saturated rings. The lowest BCUT2D eigenvalue weighted by atomic mass is 10.3. The Bertz CT molecular complexity index is 560. The van der Waals surface area contributed by atoms with Crippen LogP contribution in [0.5, 0.6) is 11.5 Å². The van der Waals surface area contributed by atoms with E-state index in [-0.39, 0.29) is 0 Å². The number of halogens is 1. The molecule has 5 heteroatoms. The summed E-state index contributed by atoms with van der Waals surface area (Å²) >= 11 is 5.08. The molecule has 0 atom stereocenters. The predicted molar refractivity (Wildman–Crippen MR) is 87.8 cm³/mol. The third-order valence-electron chi connectivity index (χ3n) is 2.64. The Morgan fingerprint density at radius 3 is 2.45 bits per heavy atom. The second-order valence-corrected chi connectivity index (χ2v) is 6.11. The van der Waals surface area contributed by atoms with Crippen LogP contribution in [0.2, 0.25) is 0 Å². The van der Waals surface area contributed by atoms with Crippen molar-refractivity contribution in [3.8, 4) is 11.5 Å². The third-order valence-corrected chi connectivity index (χ3v) is 4.19. The zero-order valence-electron chi connectivity index (χ0n) is 11.1. The molecule has 0 spiro atoms. The highest BCUT2D eigenvalue weighted by molar-refractivity contribution is 9.10. The molecule has 0 aliphatic rings. The van der Waals surface area contributed by atoms with Gasteiger partial charge < -0.3 is 15.2 Å². The standard InChI is InChI=1S/C15H16BrNO2S/c1-18-12-3-5-13(6-4-12)19-8-9-20-15-7-2-11(16)10-14(15)17/h2-7,10H,8-9,17H2,1H3. The average Bonchev–Trinajstić information content (AvgIpc) is 2.46. The lowest BCUT2D eigenvalue weighted by Crippen LogP contribution is -2.00. The number of nitrogens with two attached hydrogens (primary N) is 1. The fourth-order valence-electron chi connectivity index (χ4n) is 1.63. The van der Waals surface area contributed by atoms with Gasteiger partial charge in [-0.05, 0) is 42.5 Å². The number of nitrogen functional groups attached to an aromatic ring is 1. The molecule has 20 heavy (non-hydrogen) atoms. The Kier molecular flexibility index (Phi) is 5.61. The molecule has 3 nitrogen and oxygen atoms in total. The molecule has 0 unspecified atom stereocenters. The number of hydrogen-bond donors (Lipinski definition) is 1. The van der Waals surface area contributed by atoms with Crippen LogP contribution in [0.1, 0.15) is 0 Å². The van der Waals surface area contributed by atoms with Crippen LogP contribution < -0.4 is 15.2 Å². The van der Waals surface area contributed by atoms with Crippen molar-refractivity contribution in [3.05, 3.63) is 46.9 Å². The van der Waals surface area contributed by atoms with E-state index in [9.17, 15) is 0 Å². The summed E-state index contributed by atoms with van der Waals surface area (Å²) in [5, 5.41) is 0. The molecule has 0 radical (unpaired) electrons. The third kappa shape index (κ3) is 4.35. The van der Waals surface area contributed by atoms with E-state index in [4.69, 9.17) is 15.2 Å². The molecule has 0 aliphatic heterocycles. The maximum Gasteiger partial charge on any atom is 0.119 e. The van der Waals surface area contributed by atoms with Crippen LogP contribution in [0.3, 0.4) is 0 Å². The summed E-state index contributed by atoms with van der Waals surface area (Å²) in [4.78, 5) is 1.08. The zero-order chi connectivity index (χ0) is 14.4. The molecule has 0 saturated carbocycles. The summed E-state index contributed by atoms with van der Waals surface area (Å²) in [6.45, 7) is 0.631. The van der Waals surface area contributed by atoms with E-state index in [1.54, 1.807) is 18.9 Å². The Balaban J connectivity index is 1.78. The largest absolute Gasteiger partial charge is 0.497 e. The Hall–Kier alpha value is -1.33. The lowest BCUT2D eigenvalue weighted by Gasteiger charge is -2.08. The highest BCUT2D eigenvalue weighted by Crippen LogP contribution is 2.27. The van der Waals surface area contributed by atoms with E-state index in [1.807, 2.05) is 42.5 Å². The number of benzene rings is 2. The minimum absolute atomic E-state index is 0.631. The summed E-state index contributed by atoms with van der Waals surface area (Å²) in [7, 11) is 1.65. The minimum atomic E-state index is 0.631. The van der Waals surface area contributed by atoms with Crippen molar-refractivity contribution < 1.29 is 9.47 Å². The maximum absolute atomic E-state index is 5.94. The molecule has 0 saturated heterocycles. The topological polar surface area (TPSA) is 44.5 Å². The van der Waals surface area contributed by atoms with E-state index in [0.29, 0.717) is 6.61 Å². The Morgan fingerprint density at radius 2 is 1.80 bits per heavy atom. The van der Waals surface area contributed by atoms with Crippen molar-refractivity contribution in [2.75, 3.05) is 25.2 Å². The molecule has 0 heterocycles. The van der Waals surface area contributed by atoms with Gasteiger partial charge in [0.05, 0.1) is 13.7 Å². The molecule has 2 aromatic carbocycles. The molecule has 0 aliphatic carbocycles. The summed E-state index contributed by atoms with van der Waals surface area (Å²) in [5.74, 6) is 2.52. The van der Waals surface area contributed by atoms with Crippen molar-refractivity contribution >= 4 is 33.4 Å². The van der Waals surface area contributed by atoms with Crippen LogP contribution in [0.4, 0.5) is 5.69 Å². The highest BCUT2D eigenvalue weighted by Gasteiger charge is 2.01. The van der Waals surface area contributed by atoms with Gasteiger partial charge in [-0.2, -0.15) is 0 Å². The Morgan fingerprint density at radius 1 is 1.10 bits per heavy atom. The molecular weight excluding hydrogens is 338 g/mol. The van der Waals surface area contributed by atoms with Crippen molar-refractivity contribution in [1.29, 1.82) is 0 Å². The molecular formula is C15H16BrNO2S. The second-order valence-electron chi connectivity index (χ2n) is 4.05. The van der Waals surface area contributed by atoms with Crippen molar-refractivity contribution in [3.63, 3.8) is 0 Å². The van der Waals surface area contributed by atoms with Crippen molar-refractivity contribution in [2.45, 2.75) is 4.90 Å². The van der Waals surface area contributed by atoms with Gasteiger partial charge in [0.15, 0.2) is 0 Å². The lowest BCUT2D eigenvalue weighted by molar-refractivity contribution is 0.342. The number of hydrogen-bond acceptors (Lipinski definition) is 4. The SMILES string of the molecule is COc1ccc(OCCSc2ccc(Br)cc2N)cc1. The molecule has 2 aromatic rings. The van der Waals surface area contributed by atoms with Gasteiger partial charge >= 0.3 is 0 Å². The first-order valence-corrected chi connectivity index (χ1v) is 7.91. The number of thioether (sulfide) groups is 1. The summed E-state index contributed by atoms with van der Waals surface area (Å²) < 4.78 is 11.8. The predicted octanol–water partition coefficient (Wildman–Crippen LogP) is 4.21. The number of rotatable bonds is 6. The van der Waals surface area contributed by atoms with Crippen LogP contribution in [-0.4, -0.2) is 19.5 Å².